The summed E-state index contributed by atoms with van der Waals surface area (Å²) in [6.07, 6.45) is 3.97. The molecule has 0 bridgehead atoms. The lowest BCUT2D eigenvalue weighted by Crippen LogP contribution is -2.43. The summed E-state index contributed by atoms with van der Waals surface area (Å²) in [7, 11) is 1.81. The fraction of sp³-hybridized carbons (Fsp3) is 0.529. The molecule has 0 fully saturated rings. The predicted octanol–water partition coefficient (Wildman–Crippen LogP) is 3.45. The summed E-state index contributed by atoms with van der Waals surface area (Å²) in [5.74, 6) is 0.849. The largest absolute Gasteiger partial charge is 0.356 e. The maximum atomic E-state index is 4.45. The van der Waals surface area contributed by atoms with Crippen LogP contribution in [-0.2, 0) is 18.3 Å². The van der Waals surface area contributed by atoms with Gasteiger partial charge in [0.25, 0.3) is 0 Å². The van der Waals surface area contributed by atoms with Gasteiger partial charge in [-0.25, -0.2) is 4.98 Å². The molecular weight excluding hydrogens is 324 g/mol. The minimum absolute atomic E-state index is 0.0944. The molecule has 4 nitrogen and oxygen atoms in total. The standard InChI is InChI=1S/C17H26N4S2/c1-5-13-11-20-15(23-13)8-9-19-16(18-4)21-12-17(2,3)14-7-6-10-22-14/h6-7,10-11H,5,8-9,12H2,1-4H3,(H2,18,19,21). The molecule has 0 saturated carbocycles. The van der Waals surface area contributed by atoms with Crippen molar-refractivity contribution in [1.82, 2.24) is 15.6 Å². The molecule has 0 aliphatic rings. The van der Waals surface area contributed by atoms with Crippen molar-refractivity contribution >= 4 is 28.6 Å². The zero-order valence-electron chi connectivity index (χ0n) is 14.3. The first-order chi connectivity index (χ1) is 11.0. The van der Waals surface area contributed by atoms with Crippen LogP contribution < -0.4 is 10.6 Å². The summed E-state index contributed by atoms with van der Waals surface area (Å²) >= 11 is 3.60. The van der Waals surface area contributed by atoms with E-state index in [0.29, 0.717) is 0 Å². The molecule has 2 aromatic rings. The second kappa shape index (κ2) is 8.45. The molecule has 0 unspecified atom stereocenters. The lowest BCUT2D eigenvalue weighted by molar-refractivity contribution is 0.518. The van der Waals surface area contributed by atoms with E-state index < -0.39 is 0 Å². The zero-order valence-corrected chi connectivity index (χ0v) is 16.0. The lowest BCUT2D eigenvalue weighted by Gasteiger charge is -2.25. The average Bonchev–Trinajstić information content (AvgIpc) is 3.22. The molecule has 0 radical (unpaired) electrons. The van der Waals surface area contributed by atoms with Gasteiger partial charge < -0.3 is 10.6 Å². The van der Waals surface area contributed by atoms with Gasteiger partial charge in [-0.1, -0.05) is 26.8 Å². The van der Waals surface area contributed by atoms with E-state index in [2.05, 4.69) is 58.9 Å². The van der Waals surface area contributed by atoms with Crippen LogP contribution in [0.3, 0.4) is 0 Å². The molecule has 2 aromatic heterocycles. The molecule has 2 rings (SSSR count). The Balaban J connectivity index is 1.77. The smallest absolute Gasteiger partial charge is 0.191 e. The molecule has 0 aromatic carbocycles. The highest BCUT2D eigenvalue weighted by molar-refractivity contribution is 7.11. The molecule has 6 heteroatoms. The Kier molecular flexibility index (Phi) is 6.59. The fourth-order valence-electron chi connectivity index (χ4n) is 2.19. The number of aryl methyl sites for hydroxylation is 1. The SMILES string of the molecule is CCc1cnc(CCNC(=NC)NCC(C)(C)c2cccs2)s1. The van der Waals surface area contributed by atoms with Crippen LogP contribution in [0.1, 0.15) is 35.5 Å². The van der Waals surface area contributed by atoms with Crippen LogP contribution >= 0.6 is 22.7 Å². The minimum atomic E-state index is 0.0944. The van der Waals surface area contributed by atoms with E-state index in [1.807, 2.05) is 13.2 Å². The molecular formula is C17H26N4S2. The van der Waals surface area contributed by atoms with Crippen LogP contribution in [-0.4, -0.2) is 31.1 Å². The Bertz CT molecular complexity index is 614. The Morgan fingerprint density at radius 3 is 2.78 bits per heavy atom. The van der Waals surface area contributed by atoms with Gasteiger partial charge in [0, 0.05) is 47.9 Å². The Hall–Kier alpha value is -1.40. The van der Waals surface area contributed by atoms with Gasteiger partial charge in [-0.3, -0.25) is 4.99 Å². The van der Waals surface area contributed by atoms with Gasteiger partial charge in [-0.2, -0.15) is 0 Å². The van der Waals surface area contributed by atoms with Gasteiger partial charge >= 0.3 is 0 Å². The van der Waals surface area contributed by atoms with Gasteiger partial charge in [-0.05, 0) is 17.9 Å². The van der Waals surface area contributed by atoms with Crippen LogP contribution in [0.25, 0.3) is 0 Å². The monoisotopic (exact) mass is 350 g/mol. The average molecular weight is 351 g/mol. The Labute approximate surface area is 147 Å². The molecule has 0 atom stereocenters. The first-order valence-corrected chi connectivity index (χ1v) is 9.67. The van der Waals surface area contributed by atoms with Gasteiger partial charge in [0.1, 0.15) is 0 Å². The second-order valence-electron chi connectivity index (χ2n) is 6.04. The Morgan fingerprint density at radius 2 is 2.17 bits per heavy atom. The van der Waals surface area contributed by atoms with Crippen molar-refractivity contribution in [3.8, 4) is 0 Å². The molecule has 0 aliphatic heterocycles. The molecule has 23 heavy (non-hydrogen) atoms. The van der Waals surface area contributed by atoms with Crippen molar-refractivity contribution in [2.75, 3.05) is 20.1 Å². The number of hydrogen-bond acceptors (Lipinski definition) is 4. The number of thiazole rings is 1. The first kappa shape index (κ1) is 17.9. The third-order valence-corrected chi connectivity index (χ3v) is 6.13. The van der Waals surface area contributed by atoms with E-state index in [0.717, 1.165) is 31.9 Å². The number of rotatable bonds is 7. The van der Waals surface area contributed by atoms with Gasteiger partial charge in [0.15, 0.2) is 5.96 Å². The molecule has 0 saturated heterocycles. The van der Waals surface area contributed by atoms with E-state index in [9.17, 15) is 0 Å². The summed E-state index contributed by atoms with van der Waals surface area (Å²) in [6, 6.07) is 4.30. The minimum Gasteiger partial charge on any atom is -0.356 e. The van der Waals surface area contributed by atoms with Crippen molar-refractivity contribution in [2.24, 2.45) is 4.99 Å². The van der Waals surface area contributed by atoms with Crippen molar-refractivity contribution < 1.29 is 0 Å². The summed E-state index contributed by atoms with van der Waals surface area (Å²) in [6.45, 7) is 8.36. The van der Waals surface area contributed by atoms with Crippen LogP contribution in [0.4, 0.5) is 0 Å². The number of nitrogens with one attached hydrogen (secondary N) is 2. The van der Waals surface area contributed by atoms with Crippen molar-refractivity contribution in [3.05, 3.63) is 38.5 Å². The first-order valence-electron chi connectivity index (χ1n) is 7.97. The van der Waals surface area contributed by atoms with Crippen LogP contribution in [0.5, 0.6) is 0 Å². The van der Waals surface area contributed by atoms with Gasteiger partial charge in [-0.15, -0.1) is 22.7 Å². The third kappa shape index (κ3) is 5.32. The molecule has 0 spiro atoms. The molecule has 2 N–H and O–H groups in total. The number of hydrogen-bond donors (Lipinski definition) is 2. The van der Waals surface area contributed by atoms with Crippen LogP contribution in [0.2, 0.25) is 0 Å². The van der Waals surface area contributed by atoms with Gasteiger partial charge in [0.05, 0.1) is 5.01 Å². The van der Waals surface area contributed by atoms with E-state index in [1.165, 1.54) is 14.8 Å². The van der Waals surface area contributed by atoms with Crippen LogP contribution in [0, 0.1) is 0 Å². The zero-order chi connectivity index (χ0) is 16.7. The lowest BCUT2D eigenvalue weighted by atomic mass is 9.91. The van der Waals surface area contributed by atoms with Crippen molar-refractivity contribution in [1.29, 1.82) is 0 Å². The van der Waals surface area contributed by atoms with E-state index >= 15 is 0 Å². The number of guanidine groups is 1. The summed E-state index contributed by atoms with van der Waals surface area (Å²) in [5, 5.41) is 10.1. The van der Waals surface area contributed by atoms with E-state index in [-0.39, 0.29) is 5.41 Å². The van der Waals surface area contributed by atoms with Crippen LogP contribution in [0.15, 0.2) is 28.7 Å². The predicted molar refractivity (Wildman–Crippen MR) is 102 cm³/mol. The molecule has 2 heterocycles. The molecule has 126 valence electrons. The highest BCUT2D eigenvalue weighted by Gasteiger charge is 2.21. The highest BCUT2D eigenvalue weighted by atomic mass is 32.1. The number of aliphatic imine (C=N–C) groups is 1. The molecule has 0 amide bonds. The maximum absolute atomic E-state index is 4.45. The topological polar surface area (TPSA) is 49.3 Å². The van der Waals surface area contributed by atoms with Crippen molar-refractivity contribution in [2.45, 2.75) is 39.0 Å². The Morgan fingerprint density at radius 1 is 1.35 bits per heavy atom. The van der Waals surface area contributed by atoms with Gasteiger partial charge in [0.2, 0.25) is 0 Å². The maximum Gasteiger partial charge on any atom is 0.191 e. The summed E-state index contributed by atoms with van der Waals surface area (Å²) in [5.41, 5.74) is 0.0944. The number of thiophene rings is 1. The van der Waals surface area contributed by atoms with Crippen molar-refractivity contribution in [3.63, 3.8) is 0 Å². The number of nitrogens with zero attached hydrogens (tertiary/aromatic N) is 2. The third-order valence-electron chi connectivity index (χ3n) is 3.69. The summed E-state index contributed by atoms with van der Waals surface area (Å²) in [4.78, 5) is 11.5. The highest BCUT2D eigenvalue weighted by Crippen LogP contribution is 2.26. The van der Waals surface area contributed by atoms with E-state index in [1.54, 1.807) is 22.7 Å². The quantitative estimate of drug-likeness (QED) is 0.594. The normalized spacial score (nSPS) is 12.4. The molecule has 0 aliphatic carbocycles. The number of aromatic nitrogens is 1. The fourth-order valence-corrected chi connectivity index (χ4v) is 3.90. The summed E-state index contributed by atoms with van der Waals surface area (Å²) < 4.78 is 0. The second-order valence-corrected chi connectivity index (χ2v) is 8.19. The van der Waals surface area contributed by atoms with E-state index in [4.69, 9.17) is 0 Å².